The van der Waals surface area contributed by atoms with Gasteiger partial charge in [0.05, 0.1) is 24.3 Å². The molecular weight excluding hydrogens is 536 g/mol. The minimum atomic E-state index is -0.849. The summed E-state index contributed by atoms with van der Waals surface area (Å²) in [5.74, 6) is -0.195. The second-order valence-electron chi connectivity index (χ2n) is 12.6. The lowest BCUT2D eigenvalue weighted by Crippen LogP contribution is -2.49. The fraction of sp³-hybridized carbons (Fsp3) is 0.500. The van der Waals surface area contributed by atoms with E-state index < -0.39 is 18.0 Å². The zero-order valence-corrected chi connectivity index (χ0v) is 24.7. The van der Waals surface area contributed by atoms with Crippen LogP contribution in [0.5, 0.6) is 5.75 Å². The fourth-order valence-electron chi connectivity index (χ4n) is 7.45. The van der Waals surface area contributed by atoms with Crippen molar-refractivity contribution in [2.24, 2.45) is 11.8 Å². The van der Waals surface area contributed by atoms with Gasteiger partial charge in [0.1, 0.15) is 5.75 Å². The number of aliphatic hydroxyl groups excluding tert-OH is 1. The molecule has 6 nitrogen and oxygen atoms in total. The molecule has 2 aromatic carbocycles. The van der Waals surface area contributed by atoms with E-state index in [-0.39, 0.29) is 11.3 Å². The molecule has 41 heavy (non-hydrogen) atoms. The Hall–Kier alpha value is -2.96. The van der Waals surface area contributed by atoms with Crippen LogP contribution in [0.3, 0.4) is 0 Å². The molecule has 0 amide bonds. The van der Waals surface area contributed by atoms with Gasteiger partial charge in [0.15, 0.2) is 0 Å². The molecule has 2 aliphatic heterocycles. The molecule has 0 aromatic heterocycles. The second kappa shape index (κ2) is 11.4. The average Bonchev–Trinajstić information content (AvgIpc) is 3.08. The first-order valence-corrected chi connectivity index (χ1v) is 15.4. The molecule has 4 aliphatic rings. The van der Waals surface area contributed by atoms with Gasteiger partial charge in [-0.25, -0.2) is 0 Å². The van der Waals surface area contributed by atoms with Crippen LogP contribution in [0.2, 0.25) is 5.02 Å². The fourth-order valence-corrected chi connectivity index (χ4v) is 7.64. The molecule has 1 saturated carbocycles. The average molecular weight is 577 g/mol. The summed E-state index contributed by atoms with van der Waals surface area (Å²) in [7, 11) is 1.96. The molecule has 0 unspecified atom stereocenters. The molecule has 1 spiro atoms. The maximum absolute atomic E-state index is 12.6. The van der Waals surface area contributed by atoms with Crippen molar-refractivity contribution in [3.05, 3.63) is 82.5 Å². The summed E-state index contributed by atoms with van der Waals surface area (Å²) in [4.78, 5) is 17.0. The standard InChI is InChI=1S/C34H41ClN2O4/c1-22-16-28(33(39)40)23-9-13-32-30(18-23)37(19-25-8-11-27(25)31(38)7-3-4-15-36(22)2)20-34(21-41-32)14-5-6-24-17-26(35)10-12-29(24)34/h3,7,9-10,12-13,17-18,25,27-28,31,38H,1,4-6,8,11,14-16,19-21H2,2H3,(H,39,40)/b7-3+/t25-,27+,28-,31-,34-/m0/s1. The van der Waals surface area contributed by atoms with Gasteiger partial charge in [-0.2, -0.15) is 0 Å². The van der Waals surface area contributed by atoms with Crippen molar-refractivity contribution in [1.29, 1.82) is 0 Å². The summed E-state index contributed by atoms with van der Waals surface area (Å²) in [5, 5.41) is 22.2. The molecule has 6 rings (SSSR count). The van der Waals surface area contributed by atoms with Gasteiger partial charge in [-0.1, -0.05) is 42.5 Å². The number of fused-ring (bicyclic) bond motifs is 4. The second-order valence-corrected chi connectivity index (χ2v) is 13.1. The number of aliphatic carboxylic acids is 1. The molecular formula is C34H41ClN2O4. The van der Waals surface area contributed by atoms with E-state index in [0.717, 1.165) is 85.9 Å². The third-order valence-corrected chi connectivity index (χ3v) is 10.3. The van der Waals surface area contributed by atoms with E-state index in [1.165, 1.54) is 11.1 Å². The Morgan fingerprint density at radius 3 is 2.83 bits per heavy atom. The number of ether oxygens (including phenoxy) is 1. The number of anilines is 1. The Balaban J connectivity index is 1.43. The van der Waals surface area contributed by atoms with Gasteiger partial charge < -0.3 is 24.7 Å². The number of hydrogen-bond donors (Lipinski definition) is 2. The molecule has 2 aliphatic carbocycles. The molecule has 7 heteroatoms. The molecule has 5 atom stereocenters. The maximum atomic E-state index is 12.6. The van der Waals surface area contributed by atoms with Crippen LogP contribution in [0.25, 0.3) is 0 Å². The topological polar surface area (TPSA) is 73.2 Å². The smallest absolute Gasteiger partial charge is 0.311 e. The maximum Gasteiger partial charge on any atom is 0.311 e. The number of hydrogen-bond acceptors (Lipinski definition) is 5. The molecule has 0 saturated heterocycles. The number of carboxylic acid groups (broad SMARTS) is 1. The van der Waals surface area contributed by atoms with Crippen molar-refractivity contribution < 1.29 is 19.7 Å². The number of aliphatic hydroxyl groups is 1. The van der Waals surface area contributed by atoms with Gasteiger partial charge in [-0.15, -0.1) is 0 Å². The summed E-state index contributed by atoms with van der Waals surface area (Å²) in [6, 6.07) is 12.2. The van der Waals surface area contributed by atoms with E-state index in [4.69, 9.17) is 16.3 Å². The normalized spacial score (nSPS) is 30.9. The summed E-state index contributed by atoms with van der Waals surface area (Å²) in [6.45, 7) is 7.09. The first-order chi connectivity index (χ1) is 19.7. The van der Waals surface area contributed by atoms with Crippen LogP contribution in [0.1, 0.15) is 61.1 Å². The zero-order valence-electron chi connectivity index (χ0n) is 23.9. The minimum absolute atomic E-state index is 0.195. The quantitative estimate of drug-likeness (QED) is 0.396. The van der Waals surface area contributed by atoms with Crippen molar-refractivity contribution in [3.8, 4) is 5.75 Å². The Morgan fingerprint density at radius 2 is 2.05 bits per heavy atom. The van der Waals surface area contributed by atoms with E-state index in [1.54, 1.807) is 0 Å². The largest absolute Gasteiger partial charge is 0.490 e. The lowest BCUT2D eigenvalue weighted by Gasteiger charge is -2.45. The predicted octanol–water partition coefficient (Wildman–Crippen LogP) is 6.16. The predicted molar refractivity (Wildman–Crippen MR) is 163 cm³/mol. The molecule has 0 radical (unpaired) electrons. The SMILES string of the molecule is C=C1C[C@H](C(=O)O)c2ccc3c(c2)N(C[C@@H]2CC[C@H]2[C@@H](O)/C=C/CCN1C)C[C@@]1(CCCc2cc(Cl)ccc21)CO3. The first kappa shape index (κ1) is 28.2. The van der Waals surface area contributed by atoms with E-state index in [2.05, 4.69) is 29.7 Å². The van der Waals surface area contributed by atoms with Gasteiger partial charge in [-0.3, -0.25) is 4.79 Å². The van der Waals surface area contributed by atoms with Gasteiger partial charge >= 0.3 is 5.97 Å². The number of rotatable bonds is 1. The molecule has 2 heterocycles. The third-order valence-electron chi connectivity index (χ3n) is 10.1. The van der Waals surface area contributed by atoms with Crippen LogP contribution in [-0.2, 0) is 16.6 Å². The number of carbonyl (C=O) groups is 1. The van der Waals surface area contributed by atoms with Gasteiger partial charge in [0.25, 0.3) is 0 Å². The number of carboxylic acids is 1. The van der Waals surface area contributed by atoms with E-state index in [9.17, 15) is 15.0 Å². The molecule has 218 valence electrons. The summed E-state index contributed by atoms with van der Waals surface area (Å²) >= 11 is 6.41. The van der Waals surface area contributed by atoms with Crippen LogP contribution in [-0.4, -0.2) is 60.5 Å². The summed E-state index contributed by atoms with van der Waals surface area (Å²) < 4.78 is 6.62. The zero-order chi connectivity index (χ0) is 28.7. The van der Waals surface area contributed by atoms with E-state index >= 15 is 0 Å². The molecule has 2 bridgehead atoms. The highest BCUT2D eigenvalue weighted by atomic mass is 35.5. The Kier molecular flexibility index (Phi) is 7.82. The third kappa shape index (κ3) is 5.49. The number of aryl methyl sites for hydroxylation is 1. The van der Waals surface area contributed by atoms with Crippen molar-refractivity contribution in [2.45, 2.75) is 62.4 Å². The van der Waals surface area contributed by atoms with Crippen LogP contribution in [0, 0.1) is 11.8 Å². The lowest BCUT2D eigenvalue weighted by molar-refractivity contribution is -0.138. The Morgan fingerprint density at radius 1 is 1.20 bits per heavy atom. The first-order valence-electron chi connectivity index (χ1n) is 15.0. The van der Waals surface area contributed by atoms with Crippen LogP contribution in [0.4, 0.5) is 5.69 Å². The lowest BCUT2D eigenvalue weighted by atomic mass is 9.68. The van der Waals surface area contributed by atoms with Gasteiger partial charge in [0.2, 0.25) is 0 Å². The van der Waals surface area contributed by atoms with Gasteiger partial charge in [-0.05, 0) is 91.3 Å². The van der Waals surface area contributed by atoms with Crippen molar-refractivity contribution in [2.75, 3.05) is 38.2 Å². The minimum Gasteiger partial charge on any atom is -0.490 e. The van der Waals surface area contributed by atoms with E-state index in [0.29, 0.717) is 18.9 Å². The monoisotopic (exact) mass is 576 g/mol. The van der Waals surface area contributed by atoms with Crippen LogP contribution in [0.15, 0.2) is 60.8 Å². The molecule has 1 fully saturated rings. The van der Waals surface area contributed by atoms with Crippen LogP contribution < -0.4 is 9.64 Å². The van der Waals surface area contributed by atoms with Crippen molar-refractivity contribution in [1.82, 2.24) is 4.90 Å². The Bertz CT molecular complexity index is 1360. The highest BCUT2D eigenvalue weighted by Gasteiger charge is 2.44. The highest BCUT2D eigenvalue weighted by Crippen LogP contribution is 2.47. The highest BCUT2D eigenvalue weighted by molar-refractivity contribution is 6.30. The molecule has 2 N–H and O–H groups in total. The summed E-state index contributed by atoms with van der Waals surface area (Å²) in [6.07, 6.45) is 9.84. The Labute approximate surface area is 248 Å². The number of allylic oxidation sites excluding steroid dienone is 1. The van der Waals surface area contributed by atoms with Gasteiger partial charge in [0, 0.05) is 49.2 Å². The van der Waals surface area contributed by atoms with E-state index in [1.807, 2.05) is 42.3 Å². The van der Waals surface area contributed by atoms with Crippen molar-refractivity contribution in [3.63, 3.8) is 0 Å². The number of nitrogens with zero attached hydrogens (tertiary/aromatic N) is 2. The number of benzene rings is 2. The van der Waals surface area contributed by atoms with Crippen LogP contribution >= 0.6 is 11.6 Å². The number of halogens is 1. The van der Waals surface area contributed by atoms with Crippen molar-refractivity contribution >= 4 is 23.3 Å². The molecule has 2 aromatic rings. The summed E-state index contributed by atoms with van der Waals surface area (Å²) in [5.41, 5.74) is 4.92.